The van der Waals surface area contributed by atoms with Gasteiger partial charge in [0.1, 0.15) is 18.1 Å². The van der Waals surface area contributed by atoms with E-state index in [0.29, 0.717) is 18.9 Å². The lowest BCUT2D eigenvalue weighted by atomic mass is 10.1. The molecule has 0 aliphatic heterocycles. The normalized spacial score (nSPS) is 10.3. The number of benzene rings is 2. The van der Waals surface area contributed by atoms with Gasteiger partial charge in [0.25, 0.3) is 0 Å². The Labute approximate surface area is 118 Å². The minimum absolute atomic E-state index is 0.00658. The maximum Gasteiger partial charge on any atom is 0.123 e. The first-order valence-corrected chi connectivity index (χ1v) is 6.56. The molecule has 0 aromatic heterocycles. The van der Waals surface area contributed by atoms with Gasteiger partial charge in [-0.15, -0.1) is 0 Å². The maximum absolute atomic E-state index is 9.93. The Morgan fingerprint density at radius 1 is 1.10 bits per heavy atom. The Morgan fingerprint density at radius 2 is 1.85 bits per heavy atom. The second-order valence-electron chi connectivity index (χ2n) is 4.53. The van der Waals surface area contributed by atoms with Crippen molar-refractivity contribution in [1.82, 2.24) is 0 Å². The van der Waals surface area contributed by atoms with Crippen LogP contribution in [-0.2, 0) is 6.54 Å². The Kier molecular flexibility index (Phi) is 4.85. The van der Waals surface area contributed by atoms with Crippen molar-refractivity contribution in [1.29, 1.82) is 0 Å². The van der Waals surface area contributed by atoms with E-state index in [2.05, 4.69) is 5.32 Å². The van der Waals surface area contributed by atoms with E-state index in [1.807, 2.05) is 49.4 Å². The van der Waals surface area contributed by atoms with Crippen LogP contribution in [0.15, 0.2) is 42.5 Å². The zero-order valence-electron chi connectivity index (χ0n) is 11.5. The van der Waals surface area contributed by atoms with Gasteiger partial charge in [-0.1, -0.05) is 18.2 Å². The zero-order chi connectivity index (χ0) is 14.4. The third kappa shape index (κ3) is 3.65. The summed E-state index contributed by atoms with van der Waals surface area (Å²) in [7, 11) is 0. The molecule has 0 spiro atoms. The zero-order valence-corrected chi connectivity index (χ0v) is 11.5. The molecule has 4 nitrogen and oxygen atoms in total. The number of phenols is 1. The molecule has 0 aliphatic carbocycles. The minimum Gasteiger partial charge on any atom is -0.507 e. The third-order valence-electron chi connectivity index (χ3n) is 3.02. The van der Waals surface area contributed by atoms with E-state index < -0.39 is 0 Å². The number of rotatable bonds is 6. The lowest BCUT2D eigenvalue weighted by Gasteiger charge is -2.10. The van der Waals surface area contributed by atoms with E-state index in [-0.39, 0.29) is 6.61 Å². The fourth-order valence-corrected chi connectivity index (χ4v) is 1.89. The predicted molar refractivity (Wildman–Crippen MR) is 79.2 cm³/mol. The minimum atomic E-state index is 0.00658. The summed E-state index contributed by atoms with van der Waals surface area (Å²) >= 11 is 0. The fourth-order valence-electron chi connectivity index (χ4n) is 1.89. The quantitative estimate of drug-likeness (QED) is 0.757. The van der Waals surface area contributed by atoms with Crippen LogP contribution in [0, 0.1) is 6.92 Å². The van der Waals surface area contributed by atoms with Gasteiger partial charge in [-0.25, -0.2) is 0 Å². The van der Waals surface area contributed by atoms with Crippen LogP contribution in [0.1, 0.15) is 11.1 Å². The lowest BCUT2D eigenvalue weighted by molar-refractivity contribution is 0.201. The largest absolute Gasteiger partial charge is 0.507 e. The van der Waals surface area contributed by atoms with Gasteiger partial charge in [0.2, 0.25) is 0 Å². The number of ether oxygens (including phenoxy) is 1. The van der Waals surface area contributed by atoms with Crippen molar-refractivity contribution in [2.24, 2.45) is 0 Å². The van der Waals surface area contributed by atoms with Gasteiger partial charge in [-0.05, 0) is 36.8 Å². The number of nitrogens with one attached hydrogen (secondary N) is 1. The van der Waals surface area contributed by atoms with Gasteiger partial charge < -0.3 is 20.3 Å². The van der Waals surface area contributed by atoms with E-state index in [9.17, 15) is 5.11 Å². The van der Waals surface area contributed by atoms with E-state index in [0.717, 1.165) is 22.6 Å². The van der Waals surface area contributed by atoms with Crippen molar-refractivity contribution in [3.05, 3.63) is 53.6 Å². The average molecular weight is 273 g/mol. The molecule has 2 aromatic carbocycles. The highest BCUT2D eigenvalue weighted by molar-refractivity contribution is 5.48. The Morgan fingerprint density at radius 3 is 2.55 bits per heavy atom. The van der Waals surface area contributed by atoms with Crippen LogP contribution in [0.2, 0.25) is 0 Å². The molecule has 0 unspecified atom stereocenters. The second kappa shape index (κ2) is 6.82. The summed E-state index contributed by atoms with van der Waals surface area (Å²) in [5.41, 5.74) is 2.69. The van der Waals surface area contributed by atoms with Crippen molar-refractivity contribution in [2.75, 3.05) is 18.5 Å². The van der Waals surface area contributed by atoms with Crippen molar-refractivity contribution < 1.29 is 14.9 Å². The monoisotopic (exact) mass is 273 g/mol. The summed E-state index contributed by atoms with van der Waals surface area (Å²) in [5.74, 6) is 1.06. The molecule has 20 heavy (non-hydrogen) atoms. The van der Waals surface area contributed by atoms with Crippen LogP contribution in [0.3, 0.4) is 0 Å². The Balaban J connectivity index is 1.95. The lowest BCUT2D eigenvalue weighted by Crippen LogP contribution is -2.02. The summed E-state index contributed by atoms with van der Waals surface area (Å²) in [5, 5.41) is 21.9. The molecule has 0 atom stereocenters. The highest BCUT2D eigenvalue weighted by Gasteiger charge is 2.03. The molecule has 0 fully saturated rings. The number of phenolic OH excluding ortho intramolecular Hbond substituents is 1. The third-order valence-corrected chi connectivity index (χ3v) is 3.02. The van der Waals surface area contributed by atoms with Gasteiger partial charge in [0.05, 0.1) is 6.61 Å². The molecule has 2 rings (SSSR count). The molecule has 0 aliphatic rings. The van der Waals surface area contributed by atoms with Crippen LogP contribution < -0.4 is 10.1 Å². The Bertz CT molecular complexity index is 552. The number of aliphatic hydroxyl groups excluding tert-OH is 1. The molecule has 2 aromatic rings. The molecule has 0 heterocycles. The number of para-hydroxylation sites is 1. The van der Waals surface area contributed by atoms with Crippen molar-refractivity contribution in [3.8, 4) is 11.5 Å². The summed E-state index contributed by atoms with van der Waals surface area (Å²) in [6.07, 6.45) is 0. The summed E-state index contributed by atoms with van der Waals surface area (Å²) in [4.78, 5) is 0. The average Bonchev–Trinajstić information content (AvgIpc) is 2.48. The first-order valence-electron chi connectivity index (χ1n) is 6.56. The van der Waals surface area contributed by atoms with Gasteiger partial charge >= 0.3 is 0 Å². The highest BCUT2D eigenvalue weighted by atomic mass is 16.5. The number of aromatic hydroxyl groups is 1. The highest BCUT2D eigenvalue weighted by Crippen LogP contribution is 2.23. The first kappa shape index (κ1) is 14.2. The SMILES string of the molecule is Cc1cccc(CNc2ccc(OCCO)cc2)c1O. The van der Waals surface area contributed by atoms with Crippen molar-refractivity contribution in [3.63, 3.8) is 0 Å². The molecular formula is C16H19NO3. The van der Waals surface area contributed by atoms with Crippen molar-refractivity contribution >= 4 is 5.69 Å². The topological polar surface area (TPSA) is 61.7 Å². The smallest absolute Gasteiger partial charge is 0.123 e. The van der Waals surface area contributed by atoms with E-state index >= 15 is 0 Å². The second-order valence-corrected chi connectivity index (χ2v) is 4.53. The van der Waals surface area contributed by atoms with Crippen molar-refractivity contribution in [2.45, 2.75) is 13.5 Å². The summed E-state index contributed by atoms with van der Waals surface area (Å²) in [6.45, 7) is 2.74. The molecular weight excluding hydrogens is 254 g/mol. The number of hydrogen-bond acceptors (Lipinski definition) is 4. The van der Waals surface area contributed by atoms with Crippen LogP contribution in [0.4, 0.5) is 5.69 Å². The first-order chi connectivity index (χ1) is 9.70. The standard InChI is InChI=1S/C16H19NO3/c1-12-3-2-4-13(16(12)19)11-17-14-5-7-15(8-6-14)20-10-9-18/h2-8,17-19H,9-11H2,1H3. The molecule has 106 valence electrons. The molecule has 4 heteroatoms. The number of hydrogen-bond donors (Lipinski definition) is 3. The molecule has 3 N–H and O–H groups in total. The summed E-state index contributed by atoms with van der Waals surface area (Å²) < 4.78 is 5.29. The summed E-state index contributed by atoms with van der Waals surface area (Å²) in [6, 6.07) is 13.2. The Hall–Kier alpha value is -2.20. The van der Waals surface area contributed by atoms with Crippen LogP contribution in [0.5, 0.6) is 11.5 Å². The molecule has 0 amide bonds. The number of aliphatic hydroxyl groups is 1. The van der Waals surface area contributed by atoms with Crippen LogP contribution in [0.25, 0.3) is 0 Å². The van der Waals surface area contributed by atoms with Gasteiger partial charge in [0.15, 0.2) is 0 Å². The van der Waals surface area contributed by atoms with E-state index in [1.54, 1.807) is 0 Å². The van der Waals surface area contributed by atoms with Gasteiger partial charge in [-0.3, -0.25) is 0 Å². The van der Waals surface area contributed by atoms with E-state index in [1.165, 1.54) is 0 Å². The molecule has 0 bridgehead atoms. The molecule has 0 saturated heterocycles. The van der Waals surface area contributed by atoms with E-state index in [4.69, 9.17) is 9.84 Å². The number of aryl methyl sites for hydroxylation is 1. The number of anilines is 1. The maximum atomic E-state index is 9.93. The van der Waals surface area contributed by atoms with Crippen LogP contribution in [-0.4, -0.2) is 23.4 Å². The van der Waals surface area contributed by atoms with Gasteiger partial charge in [0, 0.05) is 17.8 Å². The molecule has 0 saturated carbocycles. The van der Waals surface area contributed by atoms with Crippen LogP contribution >= 0.6 is 0 Å². The predicted octanol–water partition coefficient (Wildman–Crippen LogP) is 2.68. The van der Waals surface area contributed by atoms with Gasteiger partial charge in [-0.2, -0.15) is 0 Å². The molecule has 0 radical (unpaired) electrons. The fraction of sp³-hybridized carbons (Fsp3) is 0.250.